The van der Waals surface area contributed by atoms with Crippen molar-refractivity contribution in [1.82, 2.24) is 4.90 Å². The van der Waals surface area contributed by atoms with E-state index in [0.717, 1.165) is 0 Å². The zero-order valence-electron chi connectivity index (χ0n) is 9.05. The van der Waals surface area contributed by atoms with Gasteiger partial charge >= 0.3 is 11.9 Å². The maximum atomic E-state index is 11.0. The molecule has 0 saturated carbocycles. The number of aliphatic carboxylic acids is 2. The highest BCUT2D eigenvalue weighted by Crippen LogP contribution is 2.22. The summed E-state index contributed by atoms with van der Waals surface area (Å²) in [6.07, 6.45) is 0.953. The molecule has 1 fully saturated rings. The maximum Gasteiger partial charge on any atom is 0.321 e. The third-order valence-corrected chi connectivity index (χ3v) is 2.75. The van der Waals surface area contributed by atoms with Gasteiger partial charge in [-0.2, -0.15) is 0 Å². The summed E-state index contributed by atoms with van der Waals surface area (Å²) in [5.74, 6) is -2.40. The molecule has 1 heterocycles. The Labute approximate surface area is 92.9 Å². The molecule has 16 heavy (non-hydrogen) atoms. The molecule has 0 spiro atoms. The van der Waals surface area contributed by atoms with E-state index in [0.29, 0.717) is 19.4 Å². The lowest BCUT2D eigenvalue weighted by atomic mass is 10.1. The fraction of sp³-hybridized carbons (Fsp3) is 0.700. The van der Waals surface area contributed by atoms with Crippen molar-refractivity contribution in [1.29, 1.82) is 0 Å². The molecule has 1 saturated heterocycles. The minimum absolute atomic E-state index is 0.140. The topological polar surface area (TPSA) is 94.9 Å². The normalized spacial score (nSPS) is 22.9. The van der Waals surface area contributed by atoms with Crippen molar-refractivity contribution in [3.8, 4) is 0 Å². The monoisotopic (exact) mass is 229 g/mol. The van der Waals surface area contributed by atoms with Crippen LogP contribution in [0.2, 0.25) is 0 Å². The zero-order valence-corrected chi connectivity index (χ0v) is 9.05. The van der Waals surface area contributed by atoms with Crippen LogP contribution in [-0.4, -0.2) is 51.5 Å². The second kappa shape index (κ2) is 5.07. The van der Waals surface area contributed by atoms with E-state index >= 15 is 0 Å². The van der Waals surface area contributed by atoms with Crippen molar-refractivity contribution in [3.63, 3.8) is 0 Å². The molecule has 1 aliphatic heterocycles. The summed E-state index contributed by atoms with van der Waals surface area (Å²) in [6, 6.07) is -1.79. The molecule has 0 radical (unpaired) electrons. The summed E-state index contributed by atoms with van der Waals surface area (Å²) < 4.78 is 0. The standard InChI is InChI=1S/C10H15NO5/c1-6(12)5-8(10(15)16)11-4-2-3-7(11)9(13)14/h7-8H,2-5H2,1H3,(H,13,14)(H,15,16)/t7-,8?/m0/s1. The van der Waals surface area contributed by atoms with E-state index in [2.05, 4.69) is 0 Å². The minimum Gasteiger partial charge on any atom is -0.480 e. The zero-order chi connectivity index (χ0) is 12.3. The van der Waals surface area contributed by atoms with E-state index in [4.69, 9.17) is 10.2 Å². The van der Waals surface area contributed by atoms with Crippen LogP contribution in [0.25, 0.3) is 0 Å². The van der Waals surface area contributed by atoms with Gasteiger partial charge in [0.1, 0.15) is 17.9 Å². The number of carboxylic acid groups (broad SMARTS) is 2. The highest BCUT2D eigenvalue weighted by Gasteiger charge is 2.38. The molecule has 0 aliphatic carbocycles. The molecule has 2 atom stereocenters. The first-order chi connectivity index (χ1) is 7.43. The lowest BCUT2D eigenvalue weighted by molar-refractivity contribution is -0.150. The first-order valence-corrected chi connectivity index (χ1v) is 5.14. The summed E-state index contributed by atoms with van der Waals surface area (Å²) in [4.78, 5) is 34.3. The SMILES string of the molecule is CC(=O)CC(C(=O)O)N1CCC[C@H]1C(=O)O. The predicted octanol–water partition coefficient (Wildman–Crippen LogP) is -0.0323. The van der Waals surface area contributed by atoms with Crippen LogP contribution in [0.4, 0.5) is 0 Å². The van der Waals surface area contributed by atoms with Crippen LogP contribution in [0.5, 0.6) is 0 Å². The van der Waals surface area contributed by atoms with Crippen molar-refractivity contribution in [2.24, 2.45) is 0 Å². The van der Waals surface area contributed by atoms with E-state index in [9.17, 15) is 14.4 Å². The second-order valence-electron chi connectivity index (χ2n) is 3.99. The second-order valence-corrected chi connectivity index (χ2v) is 3.99. The largest absolute Gasteiger partial charge is 0.480 e. The summed E-state index contributed by atoms with van der Waals surface area (Å²) >= 11 is 0. The Bertz CT molecular complexity index is 314. The number of hydrogen-bond acceptors (Lipinski definition) is 4. The Balaban J connectivity index is 2.81. The van der Waals surface area contributed by atoms with Gasteiger partial charge in [0.15, 0.2) is 0 Å². The van der Waals surface area contributed by atoms with Crippen LogP contribution in [0.3, 0.4) is 0 Å². The Kier molecular flexibility index (Phi) is 4.00. The van der Waals surface area contributed by atoms with Gasteiger partial charge in [0.2, 0.25) is 0 Å². The van der Waals surface area contributed by atoms with Crippen LogP contribution in [0.1, 0.15) is 26.2 Å². The molecule has 1 aliphatic rings. The molecule has 0 aromatic carbocycles. The lowest BCUT2D eigenvalue weighted by Gasteiger charge is -2.27. The van der Waals surface area contributed by atoms with Gasteiger partial charge in [0, 0.05) is 6.42 Å². The number of carbonyl (C=O) groups excluding carboxylic acids is 1. The van der Waals surface area contributed by atoms with Gasteiger partial charge in [-0.15, -0.1) is 0 Å². The Morgan fingerprint density at radius 1 is 1.38 bits per heavy atom. The molecule has 0 bridgehead atoms. The number of ketones is 1. The number of likely N-dealkylation sites (tertiary alicyclic amines) is 1. The average Bonchev–Trinajstić information content (AvgIpc) is 2.61. The molecule has 1 unspecified atom stereocenters. The highest BCUT2D eigenvalue weighted by molar-refractivity contribution is 5.85. The molecule has 0 aromatic heterocycles. The number of carbonyl (C=O) groups is 3. The first-order valence-electron chi connectivity index (χ1n) is 5.14. The molecule has 0 aromatic rings. The Morgan fingerprint density at radius 3 is 2.44 bits per heavy atom. The number of Topliss-reactive ketones (excluding diaryl/α,β-unsaturated/α-hetero) is 1. The van der Waals surface area contributed by atoms with Crippen LogP contribution in [-0.2, 0) is 14.4 Å². The fourth-order valence-corrected chi connectivity index (χ4v) is 2.05. The van der Waals surface area contributed by atoms with Gasteiger partial charge in [-0.3, -0.25) is 19.3 Å². The van der Waals surface area contributed by atoms with Gasteiger partial charge < -0.3 is 10.2 Å². The molecule has 0 amide bonds. The average molecular weight is 229 g/mol. The number of nitrogens with zero attached hydrogens (tertiary/aromatic N) is 1. The predicted molar refractivity (Wildman–Crippen MR) is 54.1 cm³/mol. The molecule has 6 nitrogen and oxygen atoms in total. The van der Waals surface area contributed by atoms with E-state index in [1.807, 2.05) is 0 Å². The Hall–Kier alpha value is -1.43. The van der Waals surface area contributed by atoms with Crippen LogP contribution < -0.4 is 0 Å². The summed E-state index contributed by atoms with van der Waals surface area (Å²) in [5.41, 5.74) is 0. The summed E-state index contributed by atoms with van der Waals surface area (Å²) in [6.45, 7) is 1.73. The van der Waals surface area contributed by atoms with Crippen LogP contribution in [0, 0.1) is 0 Å². The maximum absolute atomic E-state index is 11.0. The van der Waals surface area contributed by atoms with Gasteiger partial charge in [0.25, 0.3) is 0 Å². The van der Waals surface area contributed by atoms with E-state index in [1.54, 1.807) is 0 Å². The van der Waals surface area contributed by atoms with Crippen molar-refractivity contribution >= 4 is 17.7 Å². The van der Waals surface area contributed by atoms with Gasteiger partial charge in [-0.25, -0.2) is 0 Å². The molecular weight excluding hydrogens is 214 g/mol. The van der Waals surface area contributed by atoms with Crippen molar-refractivity contribution in [3.05, 3.63) is 0 Å². The van der Waals surface area contributed by atoms with E-state index < -0.39 is 24.0 Å². The first kappa shape index (κ1) is 12.6. The number of hydrogen-bond donors (Lipinski definition) is 2. The van der Waals surface area contributed by atoms with Crippen molar-refractivity contribution in [2.45, 2.75) is 38.3 Å². The highest BCUT2D eigenvalue weighted by atomic mass is 16.4. The van der Waals surface area contributed by atoms with Crippen molar-refractivity contribution < 1.29 is 24.6 Å². The van der Waals surface area contributed by atoms with Gasteiger partial charge in [-0.1, -0.05) is 0 Å². The van der Waals surface area contributed by atoms with E-state index in [1.165, 1.54) is 11.8 Å². The quantitative estimate of drug-likeness (QED) is 0.687. The fourth-order valence-electron chi connectivity index (χ4n) is 2.05. The number of rotatable bonds is 5. The summed E-state index contributed by atoms with van der Waals surface area (Å²) in [7, 11) is 0. The summed E-state index contributed by atoms with van der Waals surface area (Å²) in [5, 5.41) is 17.9. The smallest absolute Gasteiger partial charge is 0.321 e. The molecule has 1 rings (SSSR count). The molecular formula is C10H15NO5. The lowest BCUT2D eigenvalue weighted by Crippen LogP contribution is -2.48. The van der Waals surface area contributed by atoms with Crippen LogP contribution >= 0.6 is 0 Å². The van der Waals surface area contributed by atoms with Crippen molar-refractivity contribution in [2.75, 3.05) is 6.54 Å². The molecule has 6 heteroatoms. The molecule has 2 N–H and O–H groups in total. The Morgan fingerprint density at radius 2 is 2.00 bits per heavy atom. The third kappa shape index (κ3) is 2.79. The van der Waals surface area contributed by atoms with Gasteiger partial charge in [-0.05, 0) is 26.3 Å². The number of carboxylic acids is 2. The third-order valence-electron chi connectivity index (χ3n) is 2.75. The van der Waals surface area contributed by atoms with Gasteiger partial charge in [0.05, 0.1) is 0 Å². The van der Waals surface area contributed by atoms with E-state index in [-0.39, 0.29) is 12.2 Å². The van der Waals surface area contributed by atoms with Crippen LogP contribution in [0.15, 0.2) is 0 Å². The molecule has 90 valence electrons. The minimum atomic E-state index is -1.14.